The first-order valence-electron chi connectivity index (χ1n) is 4.73. The van der Waals surface area contributed by atoms with Gasteiger partial charge in [-0.15, -0.1) is 0 Å². The summed E-state index contributed by atoms with van der Waals surface area (Å²) >= 11 is 0. The molecule has 1 aromatic carbocycles. The standard InChI is InChI=1S/C11H10FNO/c12-8-2-1-3-9-7(8)6-10-11(14)4-5-13(9)10/h1-3,6,11,14H,4-5H2. The molecule has 72 valence electrons. The minimum atomic E-state index is -0.429. The third-order valence-electron chi connectivity index (χ3n) is 2.89. The Morgan fingerprint density at radius 1 is 1.43 bits per heavy atom. The lowest BCUT2D eigenvalue weighted by molar-refractivity contribution is 0.180. The van der Waals surface area contributed by atoms with Crippen LogP contribution in [0.25, 0.3) is 10.9 Å². The number of benzene rings is 1. The van der Waals surface area contributed by atoms with Crippen molar-refractivity contribution in [1.29, 1.82) is 0 Å². The summed E-state index contributed by atoms with van der Waals surface area (Å²) < 4.78 is 15.4. The maximum absolute atomic E-state index is 13.4. The molecule has 1 unspecified atom stereocenters. The second kappa shape index (κ2) is 2.58. The topological polar surface area (TPSA) is 25.2 Å². The zero-order valence-corrected chi connectivity index (χ0v) is 7.57. The van der Waals surface area contributed by atoms with Crippen LogP contribution >= 0.6 is 0 Å². The molecule has 14 heavy (non-hydrogen) atoms. The van der Waals surface area contributed by atoms with Crippen molar-refractivity contribution in [3.63, 3.8) is 0 Å². The van der Waals surface area contributed by atoms with E-state index in [1.807, 2.05) is 10.6 Å². The Morgan fingerprint density at radius 3 is 3.14 bits per heavy atom. The van der Waals surface area contributed by atoms with E-state index < -0.39 is 6.10 Å². The van der Waals surface area contributed by atoms with Crippen LogP contribution in [0.3, 0.4) is 0 Å². The third-order valence-corrected chi connectivity index (χ3v) is 2.89. The van der Waals surface area contributed by atoms with Gasteiger partial charge in [0.2, 0.25) is 0 Å². The van der Waals surface area contributed by atoms with Crippen molar-refractivity contribution >= 4 is 10.9 Å². The van der Waals surface area contributed by atoms with E-state index in [0.29, 0.717) is 5.39 Å². The van der Waals surface area contributed by atoms with Crippen LogP contribution in [0.5, 0.6) is 0 Å². The molecule has 1 aliphatic heterocycles. The molecule has 1 N–H and O–H groups in total. The van der Waals surface area contributed by atoms with Gasteiger partial charge in [0.1, 0.15) is 5.82 Å². The van der Waals surface area contributed by atoms with Gasteiger partial charge in [-0.1, -0.05) is 6.07 Å². The van der Waals surface area contributed by atoms with Gasteiger partial charge < -0.3 is 9.67 Å². The van der Waals surface area contributed by atoms with E-state index in [1.54, 1.807) is 12.1 Å². The Kier molecular flexibility index (Phi) is 1.47. The van der Waals surface area contributed by atoms with E-state index in [1.165, 1.54) is 6.07 Å². The average molecular weight is 191 g/mol. The van der Waals surface area contributed by atoms with Crippen molar-refractivity contribution in [2.45, 2.75) is 19.1 Å². The van der Waals surface area contributed by atoms with E-state index in [4.69, 9.17) is 0 Å². The van der Waals surface area contributed by atoms with Gasteiger partial charge >= 0.3 is 0 Å². The summed E-state index contributed by atoms with van der Waals surface area (Å²) in [7, 11) is 0. The van der Waals surface area contributed by atoms with Crippen LogP contribution in [0.2, 0.25) is 0 Å². The average Bonchev–Trinajstić information content (AvgIpc) is 2.69. The van der Waals surface area contributed by atoms with Crippen LogP contribution in [0.1, 0.15) is 18.2 Å². The summed E-state index contributed by atoms with van der Waals surface area (Å²) in [4.78, 5) is 0. The van der Waals surface area contributed by atoms with Crippen LogP contribution in [-0.2, 0) is 6.54 Å². The Bertz CT molecular complexity index is 503. The summed E-state index contributed by atoms with van der Waals surface area (Å²) in [5.41, 5.74) is 1.72. The second-order valence-corrected chi connectivity index (χ2v) is 3.70. The zero-order valence-electron chi connectivity index (χ0n) is 7.57. The number of fused-ring (bicyclic) bond motifs is 3. The molecule has 0 aliphatic carbocycles. The third kappa shape index (κ3) is 0.876. The molecule has 0 bridgehead atoms. The molecule has 0 spiro atoms. The first-order valence-corrected chi connectivity index (χ1v) is 4.73. The predicted molar refractivity (Wildman–Crippen MR) is 51.5 cm³/mol. The van der Waals surface area contributed by atoms with Crippen molar-refractivity contribution in [3.05, 3.63) is 35.8 Å². The van der Waals surface area contributed by atoms with Gasteiger partial charge in [0.15, 0.2) is 0 Å². The molecule has 2 aromatic rings. The molecule has 1 aliphatic rings. The number of hydrogen-bond acceptors (Lipinski definition) is 1. The number of aliphatic hydroxyl groups is 1. The lowest BCUT2D eigenvalue weighted by Gasteiger charge is -1.99. The molecule has 0 fully saturated rings. The molecule has 0 saturated heterocycles. The van der Waals surface area contributed by atoms with Crippen molar-refractivity contribution in [2.24, 2.45) is 0 Å². The number of aromatic nitrogens is 1. The SMILES string of the molecule is OC1CCn2c1cc1c(F)cccc12. The van der Waals surface area contributed by atoms with Crippen molar-refractivity contribution in [2.75, 3.05) is 0 Å². The number of aryl methyl sites for hydroxylation is 1. The van der Waals surface area contributed by atoms with Gasteiger partial charge in [-0.05, 0) is 24.6 Å². The molecule has 0 amide bonds. The second-order valence-electron chi connectivity index (χ2n) is 3.70. The molecule has 1 aromatic heterocycles. The molecule has 2 nitrogen and oxygen atoms in total. The zero-order chi connectivity index (χ0) is 9.71. The van der Waals surface area contributed by atoms with Crippen LogP contribution in [-0.4, -0.2) is 9.67 Å². The predicted octanol–water partition coefficient (Wildman–Crippen LogP) is 2.22. The minimum Gasteiger partial charge on any atom is -0.387 e. The molecular formula is C11H10FNO. The largest absolute Gasteiger partial charge is 0.387 e. The molecule has 0 saturated carbocycles. The molecule has 0 radical (unpaired) electrons. The Hall–Kier alpha value is -1.35. The van der Waals surface area contributed by atoms with Gasteiger partial charge in [-0.3, -0.25) is 0 Å². The number of halogens is 1. The fourth-order valence-electron chi connectivity index (χ4n) is 2.19. The van der Waals surface area contributed by atoms with E-state index in [9.17, 15) is 9.50 Å². The molecule has 3 heteroatoms. The van der Waals surface area contributed by atoms with Crippen molar-refractivity contribution in [1.82, 2.24) is 4.57 Å². The Morgan fingerprint density at radius 2 is 2.29 bits per heavy atom. The summed E-state index contributed by atoms with van der Waals surface area (Å²) in [6.07, 6.45) is 0.309. The Balaban J connectivity index is 2.40. The lowest BCUT2D eigenvalue weighted by Crippen LogP contribution is -1.91. The highest BCUT2D eigenvalue weighted by atomic mass is 19.1. The van der Waals surface area contributed by atoms with E-state index in [0.717, 1.165) is 24.2 Å². The monoisotopic (exact) mass is 191 g/mol. The summed E-state index contributed by atoms with van der Waals surface area (Å²) in [6, 6.07) is 6.79. The number of hydrogen-bond donors (Lipinski definition) is 1. The smallest absolute Gasteiger partial charge is 0.132 e. The first kappa shape index (κ1) is 8.00. The van der Waals surface area contributed by atoms with Crippen LogP contribution in [0, 0.1) is 5.82 Å². The maximum Gasteiger partial charge on any atom is 0.132 e. The van der Waals surface area contributed by atoms with Gasteiger partial charge in [-0.25, -0.2) is 4.39 Å². The molecular weight excluding hydrogens is 181 g/mol. The highest BCUT2D eigenvalue weighted by Crippen LogP contribution is 2.33. The fraction of sp³-hybridized carbons (Fsp3) is 0.273. The first-order chi connectivity index (χ1) is 6.77. The van der Waals surface area contributed by atoms with Gasteiger partial charge in [0.05, 0.1) is 11.6 Å². The summed E-state index contributed by atoms with van der Waals surface area (Å²) in [6.45, 7) is 0.781. The number of nitrogens with zero attached hydrogens (tertiary/aromatic N) is 1. The maximum atomic E-state index is 13.4. The van der Waals surface area contributed by atoms with Crippen molar-refractivity contribution in [3.8, 4) is 0 Å². The van der Waals surface area contributed by atoms with Crippen LogP contribution in [0.4, 0.5) is 4.39 Å². The van der Waals surface area contributed by atoms with Gasteiger partial charge in [0.25, 0.3) is 0 Å². The van der Waals surface area contributed by atoms with Crippen LogP contribution in [0.15, 0.2) is 24.3 Å². The number of aliphatic hydroxyl groups excluding tert-OH is 1. The molecule has 2 heterocycles. The normalized spacial score (nSPS) is 20.3. The summed E-state index contributed by atoms with van der Waals surface area (Å²) in [5, 5.41) is 10.2. The highest BCUT2D eigenvalue weighted by molar-refractivity contribution is 5.82. The van der Waals surface area contributed by atoms with Gasteiger partial charge in [-0.2, -0.15) is 0 Å². The molecule has 1 atom stereocenters. The van der Waals surface area contributed by atoms with E-state index in [-0.39, 0.29) is 5.82 Å². The van der Waals surface area contributed by atoms with Gasteiger partial charge in [0, 0.05) is 17.6 Å². The Labute approximate surface area is 80.6 Å². The quantitative estimate of drug-likeness (QED) is 0.678. The van der Waals surface area contributed by atoms with Crippen molar-refractivity contribution < 1.29 is 9.50 Å². The molecule has 3 rings (SSSR count). The minimum absolute atomic E-state index is 0.211. The highest BCUT2D eigenvalue weighted by Gasteiger charge is 2.23. The van der Waals surface area contributed by atoms with E-state index >= 15 is 0 Å². The van der Waals surface area contributed by atoms with E-state index in [2.05, 4.69) is 0 Å². The fourth-order valence-corrected chi connectivity index (χ4v) is 2.19. The lowest BCUT2D eigenvalue weighted by atomic mass is 10.2. The van der Waals surface area contributed by atoms with Crippen LogP contribution < -0.4 is 0 Å². The summed E-state index contributed by atoms with van der Waals surface area (Å²) in [5.74, 6) is -0.211. The number of rotatable bonds is 0.